The fourth-order valence-corrected chi connectivity index (χ4v) is 5.35. The van der Waals surface area contributed by atoms with Gasteiger partial charge >= 0.3 is 6.01 Å². The van der Waals surface area contributed by atoms with Crippen LogP contribution < -0.4 is 14.8 Å². The Bertz CT molecular complexity index is 1270. The summed E-state index contributed by atoms with van der Waals surface area (Å²) < 4.78 is 43.2. The number of carbonyl (C=O) groups excluding carboxylic acids is 1. The lowest BCUT2D eigenvalue weighted by Gasteiger charge is -2.23. The summed E-state index contributed by atoms with van der Waals surface area (Å²) in [5.74, 6) is 0.736. The first-order valence-corrected chi connectivity index (χ1v) is 12.2. The molecular weight excluding hydrogens is 460 g/mol. The van der Waals surface area contributed by atoms with Crippen molar-refractivity contribution in [2.75, 3.05) is 26.6 Å². The Balaban J connectivity index is 1.45. The smallest absolute Gasteiger partial charge is 0.322 e. The lowest BCUT2D eigenvalue weighted by molar-refractivity contribution is 0.102. The fraction of sp³-hybridized carbons (Fsp3) is 0.348. The number of methoxy groups -OCH3 is 2. The number of hydrogen-bond donors (Lipinski definition) is 1. The van der Waals surface area contributed by atoms with Crippen LogP contribution in [-0.2, 0) is 10.0 Å². The summed E-state index contributed by atoms with van der Waals surface area (Å²) in [5, 5.41) is 10.3. The van der Waals surface area contributed by atoms with E-state index in [9.17, 15) is 13.2 Å². The van der Waals surface area contributed by atoms with Gasteiger partial charge in [-0.3, -0.25) is 10.1 Å². The molecule has 0 unspecified atom stereocenters. The molecule has 10 nitrogen and oxygen atoms in total. The van der Waals surface area contributed by atoms with Crippen molar-refractivity contribution in [3.8, 4) is 23.0 Å². The number of ether oxygens (including phenoxy) is 2. The highest BCUT2D eigenvalue weighted by Gasteiger charge is 2.30. The lowest BCUT2D eigenvalue weighted by atomic mass is 10.2. The Morgan fingerprint density at radius 2 is 1.71 bits per heavy atom. The van der Waals surface area contributed by atoms with E-state index in [0.29, 0.717) is 17.1 Å². The third-order valence-corrected chi connectivity index (χ3v) is 7.83. The minimum atomic E-state index is -3.62. The summed E-state index contributed by atoms with van der Waals surface area (Å²) in [6, 6.07) is 10.8. The van der Waals surface area contributed by atoms with Gasteiger partial charge in [0.1, 0.15) is 0 Å². The van der Waals surface area contributed by atoms with Gasteiger partial charge in [0.05, 0.1) is 19.1 Å². The van der Waals surface area contributed by atoms with Crippen molar-refractivity contribution in [1.82, 2.24) is 14.5 Å². The van der Waals surface area contributed by atoms with Gasteiger partial charge < -0.3 is 13.9 Å². The molecule has 1 fully saturated rings. The first-order chi connectivity index (χ1) is 16.3. The van der Waals surface area contributed by atoms with Gasteiger partial charge in [0.2, 0.25) is 15.9 Å². The second-order valence-corrected chi connectivity index (χ2v) is 9.92. The second-order valence-electron chi connectivity index (χ2n) is 7.92. The van der Waals surface area contributed by atoms with Gasteiger partial charge in [-0.25, -0.2) is 8.42 Å². The number of sulfonamides is 1. The quantitative estimate of drug-likeness (QED) is 0.512. The molecule has 11 heteroatoms. The molecule has 1 aliphatic carbocycles. The summed E-state index contributed by atoms with van der Waals surface area (Å²) in [7, 11) is 1.04. The topological polar surface area (TPSA) is 124 Å². The molecule has 34 heavy (non-hydrogen) atoms. The number of nitrogens with zero attached hydrogens (tertiary/aromatic N) is 3. The van der Waals surface area contributed by atoms with Crippen LogP contribution in [0.25, 0.3) is 11.5 Å². The molecule has 180 valence electrons. The Kier molecular flexibility index (Phi) is 6.85. The SMILES string of the molecule is COc1ccc(-c2nnc(NC(=O)c3ccc(S(=O)(=O)N(C)C4CCCC4)cc3)o2)cc1OC. The monoisotopic (exact) mass is 486 g/mol. The first-order valence-electron chi connectivity index (χ1n) is 10.8. The molecule has 0 saturated heterocycles. The van der Waals surface area contributed by atoms with E-state index in [1.165, 1.54) is 42.8 Å². The molecule has 3 aromatic rings. The summed E-state index contributed by atoms with van der Waals surface area (Å²) in [6.45, 7) is 0. The van der Waals surface area contributed by atoms with Crippen LogP contribution in [0.1, 0.15) is 36.0 Å². The fourth-order valence-electron chi connectivity index (χ4n) is 3.94. The van der Waals surface area contributed by atoms with Gasteiger partial charge in [0.15, 0.2) is 11.5 Å². The molecule has 1 aliphatic rings. The highest BCUT2D eigenvalue weighted by atomic mass is 32.2. The number of benzene rings is 2. The highest BCUT2D eigenvalue weighted by molar-refractivity contribution is 7.89. The minimum absolute atomic E-state index is 0.0189. The number of anilines is 1. The Morgan fingerprint density at radius 3 is 2.35 bits per heavy atom. The van der Waals surface area contributed by atoms with Crippen molar-refractivity contribution in [3.05, 3.63) is 48.0 Å². The van der Waals surface area contributed by atoms with Crippen molar-refractivity contribution in [2.45, 2.75) is 36.6 Å². The molecular formula is C23H26N4O6S. The molecule has 4 rings (SSSR count). The van der Waals surface area contributed by atoms with E-state index in [1.54, 1.807) is 25.2 Å². The number of aromatic nitrogens is 2. The average molecular weight is 487 g/mol. The molecule has 2 aromatic carbocycles. The maximum Gasteiger partial charge on any atom is 0.322 e. The standard InChI is InChI=1S/C23H26N4O6S/c1-27(17-6-4-5-7-17)34(29,30)18-11-8-15(9-12-18)21(28)24-23-26-25-22(33-23)16-10-13-19(31-2)20(14-16)32-3/h8-14,17H,4-7H2,1-3H3,(H,24,26,28). The number of nitrogens with one attached hydrogen (secondary N) is 1. The van der Waals surface area contributed by atoms with Gasteiger partial charge in [-0.2, -0.15) is 4.31 Å². The summed E-state index contributed by atoms with van der Waals surface area (Å²) >= 11 is 0. The van der Waals surface area contributed by atoms with Crippen molar-refractivity contribution in [2.24, 2.45) is 0 Å². The van der Waals surface area contributed by atoms with Crippen LogP contribution in [0.2, 0.25) is 0 Å². The van der Waals surface area contributed by atoms with E-state index in [-0.39, 0.29) is 28.4 Å². The Labute approximate surface area is 197 Å². The van der Waals surface area contributed by atoms with Crippen LogP contribution in [0.3, 0.4) is 0 Å². The van der Waals surface area contributed by atoms with E-state index >= 15 is 0 Å². The van der Waals surface area contributed by atoms with Crippen LogP contribution in [0.4, 0.5) is 6.01 Å². The maximum atomic E-state index is 12.9. The zero-order valence-corrected chi connectivity index (χ0v) is 20.0. The van der Waals surface area contributed by atoms with Gasteiger partial charge in [0.25, 0.3) is 5.91 Å². The third kappa shape index (κ3) is 4.75. The van der Waals surface area contributed by atoms with Crippen molar-refractivity contribution >= 4 is 21.9 Å². The van der Waals surface area contributed by atoms with Gasteiger partial charge in [-0.1, -0.05) is 17.9 Å². The normalized spacial score (nSPS) is 14.4. The van der Waals surface area contributed by atoms with Gasteiger partial charge in [0, 0.05) is 24.2 Å². The number of carbonyl (C=O) groups is 1. The zero-order valence-electron chi connectivity index (χ0n) is 19.1. The molecule has 1 amide bonds. The first kappa shape index (κ1) is 23.7. The predicted molar refractivity (Wildman–Crippen MR) is 124 cm³/mol. The predicted octanol–water partition coefficient (Wildman–Crippen LogP) is 3.57. The van der Waals surface area contributed by atoms with Crippen LogP contribution in [0.15, 0.2) is 51.8 Å². The summed E-state index contributed by atoms with van der Waals surface area (Å²) in [4.78, 5) is 12.8. The van der Waals surface area contributed by atoms with Crippen LogP contribution in [0.5, 0.6) is 11.5 Å². The summed E-state index contributed by atoms with van der Waals surface area (Å²) in [5.41, 5.74) is 0.847. The summed E-state index contributed by atoms with van der Waals surface area (Å²) in [6.07, 6.45) is 3.80. The third-order valence-electron chi connectivity index (χ3n) is 5.91. The van der Waals surface area contributed by atoms with Gasteiger partial charge in [-0.05, 0) is 55.3 Å². The van der Waals surface area contributed by atoms with E-state index in [4.69, 9.17) is 13.9 Å². The minimum Gasteiger partial charge on any atom is -0.493 e. The van der Waals surface area contributed by atoms with E-state index in [1.807, 2.05) is 0 Å². The average Bonchev–Trinajstić information content (AvgIpc) is 3.56. The van der Waals surface area contributed by atoms with Crippen molar-refractivity contribution in [3.63, 3.8) is 0 Å². The Hall–Kier alpha value is -3.44. The molecule has 1 N–H and O–H groups in total. The largest absolute Gasteiger partial charge is 0.493 e. The van der Waals surface area contributed by atoms with Gasteiger partial charge in [-0.15, -0.1) is 5.10 Å². The zero-order chi connectivity index (χ0) is 24.3. The maximum absolute atomic E-state index is 12.9. The molecule has 0 atom stereocenters. The second kappa shape index (κ2) is 9.82. The van der Waals surface area contributed by atoms with Crippen molar-refractivity contribution < 1.29 is 27.1 Å². The molecule has 1 heterocycles. The number of hydrogen-bond acceptors (Lipinski definition) is 8. The number of amides is 1. The van der Waals surface area contributed by atoms with Crippen LogP contribution in [-0.4, -0.2) is 56.1 Å². The lowest BCUT2D eigenvalue weighted by Crippen LogP contribution is -2.35. The molecule has 0 spiro atoms. The molecule has 0 bridgehead atoms. The van der Waals surface area contributed by atoms with E-state index in [2.05, 4.69) is 15.5 Å². The highest BCUT2D eigenvalue weighted by Crippen LogP contribution is 2.32. The molecule has 1 saturated carbocycles. The van der Waals surface area contributed by atoms with Crippen molar-refractivity contribution in [1.29, 1.82) is 0 Å². The van der Waals surface area contributed by atoms with E-state index < -0.39 is 15.9 Å². The molecule has 1 aromatic heterocycles. The Morgan fingerprint density at radius 1 is 1.03 bits per heavy atom. The van der Waals surface area contributed by atoms with Crippen LogP contribution in [0, 0.1) is 0 Å². The number of rotatable bonds is 8. The molecule has 0 aliphatic heterocycles. The van der Waals surface area contributed by atoms with Crippen LogP contribution >= 0.6 is 0 Å². The molecule has 0 radical (unpaired) electrons. The van der Waals surface area contributed by atoms with E-state index in [0.717, 1.165) is 25.7 Å².